The summed E-state index contributed by atoms with van der Waals surface area (Å²) in [6.45, 7) is 2.72. The van der Waals surface area contributed by atoms with Crippen molar-refractivity contribution in [3.05, 3.63) is 29.6 Å². The zero-order valence-electron chi connectivity index (χ0n) is 10.8. The Morgan fingerprint density at radius 1 is 1.28 bits per heavy atom. The smallest absolute Gasteiger partial charge is 0.169 e. The highest BCUT2D eigenvalue weighted by atomic mass is 19.1. The molecule has 0 amide bonds. The molecule has 1 aromatic rings. The number of halogens is 1. The molecule has 18 heavy (non-hydrogen) atoms. The molecule has 0 heterocycles. The summed E-state index contributed by atoms with van der Waals surface area (Å²) in [4.78, 5) is 0. The van der Waals surface area contributed by atoms with E-state index < -0.39 is 0 Å². The van der Waals surface area contributed by atoms with E-state index in [1.807, 2.05) is 0 Å². The monoisotopic (exact) mass is 249 g/mol. The lowest BCUT2D eigenvalue weighted by Gasteiger charge is -2.07. The molecular weight excluding hydrogens is 229 g/mol. The molecule has 0 atom stereocenters. The molecule has 0 spiro atoms. The lowest BCUT2D eigenvalue weighted by atomic mass is 10.2. The predicted molar refractivity (Wildman–Crippen MR) is 71.7 cm³/mol. The van der Waals surface area contributed by atoms with Gasteiger partial charge in [-0.1, -0.05) is 31.4 Å². The molecule has 98 valence electrons. The first-order chi connectivity index (χ1) is 8.79. The zero-order valence-corrected chi connectivity index (χ0v) is 10.8. The number of hydrogen-bond donors (Lipinski definition) is 1. The quantitative estimate of drug-likeness (QED) is 0.620. The van der Waals surface area contributed by atoms with Crippen molar-refractivity contribution < 1.29 is 9.13 Å². The largest absolute Gasteiger partial charge is 0.490 e. The molecule has 0 aliphatic heterocycles. The summed E-state index contributed by atoms with van der Waals surface area (Å²) in [6.07, 6.45) is 3.83. The summed E-state index contributed by atoms with van der Waals surface area (Å²) < 4.78 is 19.1. The van der Waals surface area contributed by atoms with Crippen LogP contribution in [0.4, 0.5) is 4.39 Å². The Kier molecular flexibility index (Phi) is 6.90. The molecular formula is C15H20FNO. The molecule has 1 rings (SSSR count). The van der Waals surface area contributed by atoms with Crippen LogP contribution in [0.15, 0.2) is 18.2 Å². The van der Waals surface area contributed by atoms with Gasteiger partial charge in [-0.05, 0) is 12.5 Å². The molecule has 1 aromatic carbocycles. The first kappa shape index (κ1) is 14.5. The van der Waals surface area contributed by atoms with Crippen LogP contribution in [0.1, 0.15) is 38.2 Å². The Bertz CT molecular complexity index is 420. The van der Waals surface area contributed by atoms with Crippen LogP contribution < -0.4 is 10.5 Å². The van der Waals surface area contributed by atoms with E-state index in [1.54, 1.807) is 18.2 Å². The molecule has 0 saturated carbocycles. The van der Waals surface area contributed by atoms with E-state index in [1.165, 1.54) is 0 Å². The van der Waals surface area contributed by atoms with Crippen LogP contribution in [0.5, 0.6) is 5.75 Å². The Morgan fingerprint density at radius 2 is 2.06 bits per heavy atom. The Morgan fingerprint density at radius 3 is 2.78 bits per heavy atom. The van der Waals surface area contributed by atoms with Crippen LogP contribution in [0.3, 0.4) is 0 Å². The van der Waals surface area contributed by atoms with Gasteiger partial charge in [0.15, 0.2) is 11.6 Å². The van der Waals surface area contributed by atoms with Gasteiger partial charge in [-0.25, -0.2) is 4.39 Å². The average molecular weight is 249 g/mol. The topological polar surface area (TPSA) is 35.2 Å². The SMILES string of the molecule is CCCCC#CCCOc1cccc(CN)c1F. The third kappa shape index (κ3) is 4.77. The van der Waals surface area contributed by atoms with Gasteiger partial charge in [-0.15, -0.1) is 5.92 Å². The maximum absolute atomic E-state index is 13.7. The molecule has 0 bridgehead atoms. The minimum absolute atomic E-state index is 0.180. The maximum Gasteiger partial charge on any atom is 0.169 e. The summed E-state index contributed by atoms with van der Waals surface area (Å²) in [5.41, 5.74) is 5.90. The normalized spacial score (nSPS) is 9.72. The predicted octanol–water partition coefficient (Wildman–Crippen LogP) is 3.25. The molecule has 0 aromatic heterocycles. The van der Waals surface area contributed by atoms with Gasteiger partial charge in [0.2, 0.25) is 0 Å². The number of hydrogen-bond acceptors (Lipinski definition) is 2. The molecule has 0 fully saturated rings. The van der Waals surface area contributed by atoms with Crippen LogP contribution in [0, 0.1) is 17.7 Å². The van der Waals surface area contributed by atoms with Crippen LogP contribution in [0.2, 0.25) is 0 Å². The van der Waals surface area contributed by atoms with Crippen LogP contribution in [-0.4, -0.2) is 6.61 Å². The van der Waals surface area contributed by atoms with Crippen LogP contribution in [-0.2, 0) is 6.54 Å². The van der Waals surface area contributed by atoms with E-state index in [0.29, 0.717) is 18.6 Å². The first-order valence-corrected chi connectivity index (χ1v) is 6.35. The van der Waals surface area contributed by atoms with Crippen molar-refractivity contribution in [2.45, 2.75) is 39.2 Å². The second-order valence-corrected chi connectivity index (χ2v) is 3.99. The minimum Gasteiger partial charge on any atom is -0.490 e. The number of benzene rings is 1. The molecule has 3 heteroatoms. The maximum atomic E-state index is 13.7. The third-order valence-electron chi connectivity index (χ3n) is 2.53. The molecule has 0 aliphatic carbocycles. The number of unbranched alkanes of at least 4 members (excludes halogenated alkanes) is 2. The standard InChI is InChI=1S/C15H20FNO/c1-2-3-4-5-6-7-11-18-14-10-8-9-13(12-17)15(14)16/h8-10H,2-4,7,11-12,17H2,1H3. The highest BCUT2D eigenvalue weighted by molar-refractivity contribution is 5.30. The lowest BCUT2D eigenvalue weighted by Crippen LogP contribution is -2.03. The Balaban J connectivity index is 2.37. The highest BCUT2D eigenvalue weighted by Crippen LogP contribution is 2.20. The second kappa shape index (κ2) is 8.54. The fourth-order valence-corrected chi connectivity index (χ4v) is 1.48. The van der Waals surface area contributed by atoms with Crippen LogP contribution >= 0.6 is 0 Å². The van der Waals surface area contributed by atoms with Gasteiger partial charge in [0, 0.05) is 24.9 Å². The first-order valence-electron chi connectivity index (χ1n) is 6.35. The van der Waals surface area contributed by atoms with Gasteiger partial charge in [0.05, 0.1) is 6.61 Å². The van der Waals surface area contributed by atoms with E-state index in [2.05, 4.69) is 18.8 Å². The van der Waals surface area contributed by atoms with Gasteiger partial charge < -0.3 is 10.5 Å². The van der Waals surface area contributed by atoms with Crippen molar-refractivity contribution in [2.24, 2.45) is 5.73 Å². The van der Waals surface area contributed by atoms with Gasteiger partial charge in [-0.2, -0.15) is 0 Å². The van der Waals surface area contributed by atoms with Crippen molar-refractivity contribution in [3.8, 4) is 17.6 Å². The highest BCUT2D eigenvalue weighted by Gasteiger charge is 2.06. The summed E-state index contributed by atoms with van der Waals surface area (Å²) in [7, 11) is 0. The minimum atomic E-state index is -0.362. The van der Waals surface area contributed by atoms with E-state index in [9.17, 15) is 4.39 Å². The van der Waals surface area contributed by atoms with Crippen molar-refractivity contribution >= 4 is 0 Å². The van der Waals surface area contributed by atoms with Crippen molar-refractivity contribution in [1.82, 2.24) is 0 Å². The van der Waals surface area contributed by atoms with Crippen molar-refractivity contribution in [3.63, 3.8) is 0 Å². The summed E-state index contributed by atoms with van der Waals surface area (Å²) in [5.74, 6) is 5.98. The Labute approximate surface area is 108 Å². The number of rotatable bonds is 6. The van der Waals surface area contributed by atoms with Gasteiger partial charge in [0.1, 0.15) is 0 Å². The molecule has 2 nitrogen and oxygen atoms in total. The molecule has 2 N–H and O–H groups in total. The fourth-order valence-electron chi connectivity index (χ4n) is 1.48. The van der Waals surface area contributed by atoms with Crippen molar-refractivity contribution in [1.29, 1.82) is 0 Å². The molecule has 0 aliphatic rings. The fraction of sp³-hybridized carbons (Fsp3) is 0.467. The summed E-state index contributed by atoms with van der Waals surface area (Å²) in [5, 5.41) is 0. The molecule has 0 unspecified atom stereocenters. The summed E-state index contributed by atoms with van der Waals surface area (Å²) in [6, 6.07) is 5.01. The zero-order chi connectivity index (χ0) is 13.2. The van der Waals surface area contributed by atoms with E-state index in [0.717, 1.165) is 19.3 Å². The van der Waals surface area contributed by atoms with Crippen molar-refractivity contribution in [2.75, 3.05) is 6.61 Å². The molecule has 0 saturated heterocycles. The molecule has 0 radical (unpaired) electrons. The third-order valence-corrected chi connectivity index (χ3v) is 2.53. The number of ether oxygens (including phenoxy) is 1. The van der Waals surface area contributed by atoms with E-state index >= 15 is 0 Å². The second-order valence-electron chi connectivity index (χ2n) is 3.99. The number of nitrogens with two attached hydrogens (primary N) is 1. The van der Waals surface area contributed by atoms with Gasteiger partial charge in [-0.3, -0.25) is 0 Å². The van der Waals surface area contributed by atoms with E-state index in [4.69, 9.17) is 10.5 Å². The van der Waals surface area contributed by atoms with E-state index in [-0.39, 0.29) is 18.1 Å². The van der Waals surface area contributed by atoms with Gasteiger partial charge >= 0.3 is 0 Å². The van der Waals surface area contributed by atoms with Gasteiger partial charge in [0.25, 0.3) is 0 Å². The van der Waals surface area contributed by atoms with Crippen LogP contribution in [0.25, 0.3) is 0 Å². The Hall–Kier alpha value is -1.53. The summed E-state index contributed by atoms with van der Waals surface area (Å²) >= 11 is 0. The average Bonchev–Trinajstić information content (AvgIpc) is 2.39. The lowest BCUT2D eigenvalue weighted by molar-refractivity contribution is 0.309.